The lowest BCUT2D eigenvalue weighted by Crippen LogP contribution is -2.46. The number of imidazole rings is 2. The number of rotatable bonds is 14. The first-order valence-corrected chi connectivity index (χ1v) is 27.3. The van der Waals surface area contributed by atoms with E-state index in [9.17, 15) is 33.1 Å². The van der Waals surface area contributed by atoms with Gasteiger partial charge in [-0.2, -0.15) is 10.2 Å². The van der Waals surface area contributed by atoms with Crippen LogP contribution in [0.15, 0.2) is 135 Å². The standard InChI is InChI=1S/2C30H29FN8O3/c1-38-16-23(15-35-38)22-11-20(12-24(31)13-22)14-32-29(40)26-25-28(34-18-33-26)37-27(36-25)21-7-9-39(10-8-21)30(41)42-17-19-5-3-2-4-6-19;1-38-16-22(15-35-38)21-9-19(10-23(31)12-21)14-32-29(40)26-25-28(34-17-33-26)37-27(36-25)20-7-8-39(30(41)42)24(13-20)11-18-5-3-2-4-6-18/h2-6,11-13,15-16,18,21H,7-10,14,17H2,1H3,(H,32,40)(H,33,34,36,37);2-6,9-10,12,15-17,20,24H,7-8,11,13-14H2,1H3,(H,32,40)(H,41,42)(H,33,34,36,37). The first-order chi connectivity index (χ1) is 40.8. The SMILES string of the molecule is Cn1cc(-c2cc(F)cc(CNC(=O)c3ncnc4nc(C5CCN(C(=O)O)C(Cc6ccccc6)C5)[nH]c34)c2)cn1.Cn1cc(-c2cc(F)cc(CNC(=O)c3ncnc4nc(C5CCN(C(=O)OCc6ccccc6)CC5)[nH]c34)c2)cn1. The lowest BCUT2D eigenvalue weighted by Gasteiger charge is -2.37. The number of fused-ring (bicyclic) bond motifs is 2. The zero-order valence-corrected chi connectivity index (χ0v) is 45.8. The maximum Gasteiger partial charge on any atom is 0.410 e. The number of H-pyrrole nitrogens is 2. The Kier molecular flexibility index (Phi) is 16.5. The summed E-state index contributed by atoms with van der Waals surface area (Å²) < 4.78 is 37.4. The predicted molar refractivity (Wildman–Crippen MR) is 304 cm³/mol. The fraction of sp³-hybridized carbons (Fsp3) is 0.267. The Labute approximate surface area is 479 Å². The molecule has 0 spiro atoms. The molecule has 6 aromatic heterocycles. The second-order valence-electron chi connectivity index (χ2n) is 20.8. The number of carbonyl (C=O) groups excluding carboxylic acids is 3. The van der Waals surface area contributed by atoms with E-state index in [0.717, 1.165) is 22.3 Å². The van der Waals surface area contributed by atoms with Gasteiger partial charge in [-0.1, -0.05) is 60.7 Å². The Morgan fingerprint density at radius 1 is 0.619 bits per heavy atom. The second kappa shape index (κ2) is 24.8. The average Bonchev–Trinajstić information content (AvgIpc) is 4.17. The van der Waals surface area contributed by atoms with Crippen molar-refractivity contribution in [1.29, 1.82) is 0 Å². The number of hydrogen-bond donors (Lipinski definition) is 5. The van der Waals surface area contributed by atoms with E-state index >= 15 is 0 Å². The van der Waals surface area contributed by atoms with Gasteiger partial charge in [0.05, 0.1) is 12.4 Å². The number of nitrogens with zero attached hydrogens (tertiary/aromatic N) is 12. The van der Waals surface area contributed by atoms with Crippen molar-refractivity contribution in [3.63, 3.8) is 0 Å². The maximum absolute atomic E-state index is 14.4. The van der Waals surface area contributed by atoms with Crippen LogP contribution >= 0.6 is 0 Å². The average molecular weight is 1140 g/mol. The molecule has 5 N–H and O–H groups in total. The van der Waals surface area contributed by atoms with Crippen LogP contribution in [0.5, 0.6) is 0 Å². The van der Waals surface area contributed by atoms with E-state index in [1.165, 1.54) is 41.8 Å². The van der Waals surface area contributed by atoms with Crippen LogP contribution in [0.1, 0.15) is 92.4 Å². The second-order valence-corrected chi connectivity index (χ2v) is 20.8. The minimum atomic E-state index is -0.935. The van der Waals surface area contributed by atoms with Crippen LogP contribution in [0.3, 0.4) is 0 Å². The van der Waals surface area contributed by atoms with Gasteiger partial charge in [-0.25, -0.2) is 48.3 Å². The molecule has 428 valence electrons. The summed E-state index contributed by atoms with van der Waals surface area (Å²) in [6, 6.07) is 28.4. The topological polar surface area (TPSA) is 273 Å². The number of amides is 4. The van der Waals surface area contributed by atoms with Gasteiger partial charge in [0.2, 0.25) is 0 Å². The normalized spacial score (nSPS) is 15.4. The van der Waals surface area contributed by atoms with Crippen molar-refractivity contribution in [3.05, 3.63) is 191 Å². The monoisotopic (exact) mass is 1140 g/mol. The molecule has 0 radical (unpaired) electrons. The van der Waals surface area contributed by atoms with E-state index in [2.05, 4.69) is 60.7 Å². The summed E-state index contributed by atoms with van der Waals surface area (Å²) in [7, 11) is 3.58. The molecule has 2 atom stereocenters. The molecule has 10 aromatic rings. The van der Waals surface area contributed by atoms with Crippen LogP contribution in [0.2, 0.25) is 0 Å². The van der Waals surface area contributed by atoms with Gasteiger partial charge in [-0.3, -0.25) is 19.0 Å². The van der Waals surface area contributed by atoms with Gasteiger partial charge in [0.15, 0.2) is 22.7 Å². The minimum Gasteiger partial charge on any atom is -0.465 e. The van der Waals surface area contributed by atoms with Crippen molar-refractivity contribution in [2.45, 2.75) is 69.7 Å². The van der Waals surface area contributed by atoms with E-state index in [-0.39, 0.29) is 55.1 Å². The molecular formula is C60H58F2N16O6. The molecule has 0 saturated carbocycles. The fourth-order valence-corrected chi connectivity index (χ4v) is 10.7. The number of carboxylic acid groups (broad SMARTS) is 1. The number of aryl methyl sites for hydroxylation is 2. The molecule has 2 fully saturated rings. The number of likely N-dealkylation sites (tertiary alicyclic amines) is 2. The van der Waals surface area contributed by atoms with Gasteiger partial charge in [-0.15, -0.1) is 0 Å². The fourth-order valence-electron chi connectivity index (χ4n) is 10.7. The molecule has 4 aromatic carbocycles. The number of aromatic amines is 2. The molecular weight excluding hydrogens is 1080 g/mol. The Balaban J connectivity index is 0.000000175. The summed E-state index contributed by atoms with van der Waals surface area (Å²) in [5.41, 5.74) is 7.95. The third-order valence-corrected chi connectivity index (χ3v) is 14.9. The molecule has 12 rings (SSSR count). The van der Waals surface area contributed by atoms with E-state index in [1.807, 2.05) is 66.7 Å². The molecule has 0 aliphatic carbocycles. The number of hydrogen-bond acceptors (Lipinski definition) is 13. The van der Waals surface area contributed by atoms with Crippen LogP contribution in [0, 0.1) is 11.6 Å². The van der Waals surface area contributed by atoms with E-state index in [0.29, 0.717) is 108 Å². The summed E-state index contributed by atoms with van der Waals surface area (Å²) in [4.78, 5) is 86.7. The van der Waals surface area contributed by atoms with Crippen molar-refractivity contribution in [2.75, 3.05) is 19.6 Å². The molecule has 2 aliphatic rings. The first kappa shape index (κ1) is 55.6. The zero-order valence-electron chi connectivity index (χ0n) is 45.8. The minimum absolute atomic E-state index is 0.0439. The summed E-state index contributed by atoms with van der Waals surface area (Å²) in [5, 5.41) is 23.7. The lowest BCUT2D eigenvalue weighted by atomic mass is 9.87. The molecule has 8 heterocycles. The highest BCUT2D eigenvalue weighted by molar-refractivity contribution is 6.02. The van der Waals surface area contributed by atoms with E-state index in [4.69, 9.17) is 4.74 Å². The number of carbonyl (C=O) groups is 4. The highest BCUT2D eigenvalue weighted by Gasteiger charge is 2.34. The van der Waals surface area contributed by atoms with Crippen LogP contribution < -0.4 is 10.6 Å². The lowest BCUT2D eigenvalue weighted by molar-refractivity contribution is 0.0865. The van der Waals surface area contributed by atoms with Crippen LogP contribution in [-0.4, -0.2) is 124 Å². The summed E-state index contributed by atoms with van der Waals surface area (Å²) in [6.07, 6.45) is 11.4. The van der Waals surface area contributed by atoms with Crippen molar-refractivity contribution in [1.82, 2.24) is 79.9 Å². The van der Waals surface area contributed by atoms with E-state index in [1.54, 1.807) is 59.2 Å². The van der Waals surface area contributed by atoms with Gasteiger partial charge in [0.1, 0.15) is 53.6 Å². The van der Waals surface area contributed by atoms with Crippen LogP contribution in [0.4, 0.5) is 18.4 Å². The number of nitrogens with one attached hydrogen (secondary N) is 4. The Morgan fingerprint density at radius 3 is 1.62 bits per heavy atom. The van der Waals surface area contributed by atoms with Gasteiger partial charge < -0.3 is 40.2 Å². The number of piperidine rings is 2. The number of halogens is 2. The summed E-state index contributed by atoms with van der Waals surface area (Å²) in [6.45, 7) is 1.87. The number of aromatic nitrogens is 12. The van der Waals surface area contributed by atoms with Crippen molar-refractivity contribution in [2.24, 2.45) is 14.1 Å². The highest BCUT2D eigenvalue weighted by atomic mass is 19.1. The highest BCUT2D eigenvalue weighted by Crippen LogP contribution is 2.34. The molecule has 2 unspecified atom stereocenters. The molecule has 24 heteroatoms. The third-order valence-electron chi connectivity index (χ3n) is 14.9. The Bertz CT molecular complexity index is 3990. The number of ether oxygens (including phenoxy) is 1. The molecule has 2 saturated heterocycles. The van der Waals surface area contributed by atoms with Gasteiger partial charge in [0, 0.05) is 88.2 Å². The molecule has 2 aliphatic heterocycles. The van der Waals surface area contributed by atoms with Gasteiger partial charge in [-0.05, 0) is 102 Å². The summed E-state index contributed by atoms with van der Waals surface area (Å²) >= 11 is 0. The first-order valence-electron chi connectivity index (χ1n) is 27.3. The third kappa shape index (κ3) is 13.1. The smallest absolute Gasteiger partial charge is 0.410 e. The van der Waals surface area contributed by atoms with E-state index < -0.39 is 29.5 Å². The molecule has 0 bridgehead atoms. The largest absolute Gasteiger partial charge is 0.465 e. The Hall–Kier alpha value is -10.3. The molecule has 4 amide bonds. The van der Waals surface area contributed by atoms with Gasteiger partial charge >= 0.3 is 12.2 Å². The number of benzene rings is 4. The predicted octanol–water partition coefficient (Wildman–Crippen LogP) is 8.63. The van der Waals surface area contributed by atoms with Crippen molar-refractivity contribution < 1.29 is 37.8 Å². The Morgan fingerprint density at radius 2 is 1.12 bits per heavy atom. The van der Waals surface area contributed by atoms with Crippen molar-refractivity contribution >= 4 is 46.3 Å². The van der Waals surface area contributed by atoms with Gasteiger partial charge in [0.25, 0.3) is 11.8 Å². The zero-order chi connectivity index (χ0) is 58.3. The maximum atomic E-state index is 14.4. The molecule has 84 heavy (non-hydrogen) atoms. The van der Waals surface area contributed by atoms with Crippen molar-refractivity contribution in [3.8, 4) is 22.3 Å². The molecule has 22 nitrogen and oxygen atoms in total. The van der Waals surface area contributed by atoms with Crippen LogP contribution in [0.25, 0.3) is 44.6 Å². The summed E-state index contributed by atoms with van der Waals surface area (Å²) in [5.74, 6) is -0.337. The quantitative estimate of drug-likeness (QED) is 0.0682. The van der Waals surface area contributed by atoms with Crippen LogP contribution in [-0.2, 0) is 44.9 Å².